The van der Waals surface area contributed by atoms with Crippen molar-refractivity contribution in [1.82, 2.24) is 0 Å². The molecule has 0 fully saturated rings. The number of benzene rings is 1. The number of rotatable bonds is 6. The molecule has 0 atom stereocenters. The maximum absolute atomic E-state index is 13.4. The zero-order valence-electron chi connectivity index (χ0n) is 13.2. The molecule has 1 aromatic rings. The van der Waals surface area contributed by atoms with Crippen LogP contribution in [0.1, 0.15) is 19.4 Å². The average Bonchev–Trinajstić information content (AvgIpc) is 2.56. The molecule has 25 heavy (non-hydrogen) atoms. The molecule has 1 aromatic carbocycles. The number of halogens is 5. The summed E-state index contributed by atoms with van der Waals surface area (Å²) < 4.78 is 74.6. The van der Waals surface area contributed by atoms with Gasteiger partial charge in [-0.2, -0.15) is 0 Å². The quantitative estimate of drug-likeness (QED) is 0.194. The molecule has 0 aliphatic rings. The highest BCUT2D eigenvalue weighted by atomic mass is 19.2. The first-order valence-electron chi connectivity index (χ1n) is 6.80. The van der Waals surface area contributed by atoms with E-state index < -0.39 is 53.2 Å². The second kappa shape index (κ2) is 8.95. The molecule has 1 rings (SSSR count). The number of hydrogen-bond acceptors (Lipinski definition) is 4. The van der Waals surface area contributed by atoms with E-state index in [-0.39, 0.29) is 6.61 Å². The van der Waals surface area contributed by atoms with Crippen molar-refractivity contribution in [3.8, 4) is 0 Å². The van der Waals surface area contributed by atoms with E-state index in [4.69, 9.17) is 0 Å². The summed E-state index contributed by atoms with van der Waals surface area (Å²) in [5, 5.41) is 0. The Labute approximate surface area is 139 Å². The molecule has 0 spiro atoms. The SMILES string of the molecule is CC(C)=CCOC(=O)/C=C/C(=O)OCc1c(F)c(F)c(F)c(F)c1F. The summed E-state index contributed by atoms with van der Waals surface area (Å²) in [6.07, 6.45) is 2.89. The standard InChI is InChI=1S/C16H13F5O4/c1-8(2)5-6-24-10(22)3-4-11(23)25-7-9-12(17)14(19)16(21)15(20)13(9)18/h3-5H,6-7H2,1-2H3/b4-3+. The first-order valence-corrected chi connectivity index (χ1v) is 6.80. The Morgan fingerprint density at radius 1 is 0.800 bits per heavy atom. The minimum absolute atomic E-state index is 0.0227. The smallest absolute Gasteiger partial charge is 0.331 e. The number of hydrogen-bond donors (Lipinski definition) is 0. The molecule has 0 radical (unpaired) electrons. The average molecular weight is 364 g/mol. The molecule has 136 valence electrons. The van der Waals surface area contributed by atoms with Gasteiger partial charge in [0.15, 0.2) is 23.3 Å². The maximum atomic E-state index is 13.4. The van der Waals surface area contributed by atoms with Gasteiger partial charge >= 0.3 is 11.9 Å². The highest BCUT2D eigenvalue weighted by molar-refractivity contribution is 5.91. The van der Waals surface area contributed by atoms with Crippen LogP contribution in [0.5, 0.6) is 0 Å². The third kappa shape index (κ3) is 5.70. The summed E-state index contributed by atoms with van der Waals surface area (Å²) in [6.45, 7) is 2.33. The first kappa shape index (κ1) is 20.3. The predicted molar refractivity (Wildman–Crippen MR) is 75.6 cm³/mol. The Hall–Kier alpha value is -2.71. The van der Waals surface area contributed by atoms with Crippen molar-refractivity contribution in [1.29, 1.82) is 0 Å². The highest BCUT2D eigenvalue weighted by Crippen LogP contribution is 2.23. The lowest BCUT2D eigenvalue weighted by atomic mass is 10.2. The number of ether oxygens (including phenoxy) is 2. The van der Waals surface area contributed by atoms with E-state index in [9.17, 15) is 31.5 Å². The van der Waals surface area contributed by atoms with Gasteiger partial charge in [0, 0.05) is 12.2 Å². The molecule has 4 nitrogen and oxygen atoms in total. The molecular weight excluding hydrogens is 351 g/mol. The Morgan fingerprint density at radius 2 is 1.24 bits per heavy atom. The van der Waals surface area contributed by atoms with Gasteiger partial charge in [0.25, 0.3) is 0 Å². The fourth-order valence-corrected chi connectivity index (χ4v) is 1.44. The lowest BCUT2D eigenvalue weighted by molar-refractivity contribution is -0.140. The van der Waals surface area contributed by atoms with Gasteiger partial charge < -0.3 is 9.47 Å². The van der Waals surface area contributed by atoms with E-state index in [2.05, 4.69) is 9.47 Å². The molecule has 0 heterocycles. The normalized spacial score (nSPS) is 10.7. The van der Waals surface area contributed by atoms with E-state index in [0.717, 1.165) is 5.57 Å². The lowest BCUT2D eigenvalue weighted by Gasteiger charge is -2.08. The molecule has 0 bridgehead atoms. The van der Waals surface area contributed by atoms with E-state index in [1.54, 1.807) is 19.9 Å². The minimum Gasteiger partial charge on any atom is -0.458 e. The number of carbonyl (C=O) groups excluding carboxylic acids is 2. The van der Waals surface area contributed by atoms with Crippen LogP contribution in [0.25, 0.3) is 0 Å². The monoisotopic (exact) mass is 364 g/mol. The molecule has 0 aromatic heterocycles. The molecule has 0 N–H and O–H groups in total. The molecule has 0 saturated heterocycles. The van der Waals surface area contributed by atoms with E-state index in [1.165, 1.54) is 0 Å². The van der Waals surface area contributed by atoms with Crippen molar-refractivity contribution >= 4 is 11.9 Å². The van der Waals surface area contributed by atoms with Crippen LogP contribution in [0, 0.1) is 29.1 Å². The van der Waals surface area contributed by atoms with Gasteiger partial charge in [-0.1, -0.05) is 5.57 Å². The van der Waals surface area contributed by atoms with Crippen molar-refractivity contribution in [3.05, 3.63) is 58.5 Å². The number of carbonyl (C=O) groups is 2. The van der Waals surface area contributed by atoms with Crippen LogP contribution >= 0.6 is 0 Å². The summed E-state index contributed by atoms with van der Waals surface area (Å²) >= 11 is 0. The van der Waals surface area contributed by atoms with Crippen molar-refractivity contribution in [3.63, 3.8) is 0 Å². The van der Waals surface area contributed by atoms with Crippen LogP contribution in [-0.2, 0) is 25.7 Å². The van der Waals surface area contributed by atoms with Gasteiger partial charge in [-0.05, 0) is 19.9 Å². The zero-order valence-corrected chi connectivity index (χ0v) is 13.2. The van der Waals surface area contributed by atoms with Crippen molar-refractivity contribution in [2.75, 3.05) is 6.61 Å². The Bertz CT molecular complexity index is 708. The van der Waals surface area contributed by atoms with Crippen LogP contribution in [0.2, 0.25) is 0 Å². The van der Waals surface area contributed by atoms with Crippen molar-refractivity contribution in [2.45, 2.75) is 20.5 Å². The largest absolute Gasteiger partial charge is 0.458 e. The topological polar surface area (TPSA) is 52.6 Å². The summed E-state index contributed by atoms with van der Waals surface area (Å²) in [5.41, 5.74) is -0.400. The lowest BCUT2D eigenvalue weighted by Crippen LogP contribution is -2.11. The van der Waals surface area contributed by atoms with Gasteiger partial charge in [0.1, 0.15) is 13.2 Å². The van der Waals surface area contributed by atoms with Gasteiger partial charge in [-0.25, -0.2) is 31.5 Å². The Balaban J connectivity index is 2.67. The summed E-state index contributed by atoms with van der Waals surface area (Å²) in [6, 6.07) is 0. The van der Waals surface area contributed by atoms with E-state index >= 15 is 0 Å². The van der Waals surface area contributed by atoms with E-state index in [1.807, 2.05) is 0 Å². The maximum Gasteiger partial charge on any atom is 0.331 e. The molecule has 9 heteroatoms. The molecular formula is C16H13F5O4. The fraction of sp³-hybridized carbons (Fsp3) is 0.250. The van der Waals surface area contributed by atoms with Crippen LogP contribution in [0.4, 0.5) is 22.0 Å². The minimum atomic E-state index is -2.32. The van der Waals surface area contributed by atoms with Crippen molar-refractivity contribution in [2.24, 2.45) is 0 Å². The Morgan fingerprint density at radius 3 is 1.72 bits per heavy atom. The number of allylic oxidation sites excluding steroid dienone is 1. The Kier molecular flexibility index (Phi) is 7.28. The molecule has 0 aliphatic heterocycles. The van der Waals surface area contributed by atoms with Crippen LogP contribution in [0.15, 0.2) is 23.8 Å². The number of esters is 2. The third-order valence-electron chi connectivity index (χ3n) is 2.73. The van der Waals surface area contributed by atoms with Crippen LogP contribution < -0.4 is 0 Å². The molecule has 0 aliphatic carbocycles. The summed E-state index contributed by atoms with van der Waals surface area (Å²) in [4.78, 5) is 22.6. The van der Waals surface area contributed by atoms with Gasteiger partial charge in [0.2, 0.25) is 5.82 Å². The molecule has 0 saturated carbocycles. The molecule has 0 amide bonds. The van der Waals surface area contributed by atoms with Gasteiger partial charge in [-0.3, -0.25) is 0 Å². The first-order chi connectivity index (χ1) is 11.6. The molecule has 0 unspecified atom stereocenters. The second-order valence-electron chi connectivity index (χ2n) is 4.90. The van der Waals surface area contributed by atoms with Gasteiger partial charge in [0.05, 0.1) is 5.56 Å². The highest BCUT2D eigenvalue weighted by Gasteiger charge is 2.26. The predicted octanol–water partition coefficient (Wildman–Crippen LogP) is 3.49. The fourth-order valence-electron chi connectivity index (χ4n) is 1.44. The van der Waals surface area contributed by atoms with Crippen LogP contribution in [0.3, 0.4) is 0 Å². The van der Waals surface area contributed by atoms with Crippen molar-refractivity contribution < 1.29 is 41.0 Å². The van der Waals surface area contributed by atoms with Crippen LogP contribution in [-0.4, -0.2) is 18.5 Å². The zero-order chi connectivity index (χ0) is 19.1. The summed E-state index contributed by atoms with van der Waals surface area (Å²) in [7, 11) is 0. The third-order valence-corrected chi connectivity index (χ3v) is 2.73. The second-order valence-corrected chi connectivity index (χ2v) is 4.90. The van der Waals surface area contributed by atoms with E-state index in [0.29, 0.717) is 12.2 Å². The summed E-state index contributed by atoms with van der Waals surface area (Å²) in [5.74, 6) is -12.9. The van der Waals surface area contributed by atoms with Gasteiger partial charge in [-0.15, -0.1) is 0 Å².